The van der Waals surface area contributed by atoms with E-state index in [9.17, 15) is 19.2 Å². The number of carbonyl (C=O) groups excluding carboxylic acids is 4. The molecule has 1 unspecified atom stereocenters. The second kappa shape index (κ2) is 9.79. The van der Waals surface area contributed by atoms with Crippen molar-refractivity contribution in [1.29, 1.82) is 0 Å². The second-order valence-corrected chi connectivity index (χ2v) is 9.25. The van der Waals surface area contributed by atoms with Crippen molar-refractivity contribution < 1.29 is 28.7 Å². The van der Waals surface area contributed by atoms with Crippen LogP contribution in [-0.4, -0.2) is 46.3 Å². The van der Waals surface area contributed by atoms with E-state index in [0.717, 1.165) is 4.90 Å². The predicted octanol–water partition coefficient (Wildman–Crippen LogP) is 5.28. The van der Waals surface area contributed by atoms with Gasteiger partial charge in [-0.15, -0.1) is 0 Å². The molecule has 1 aliphatic heterocycles. The lowest BCUT2D eigenvalue weighted by Gasteiger charge is -2.23. The molecule has 2 amide bonds. The minimum absolute atomic E-state index is 0.140. The average Bonchev–Trinajstić information content (AvgIpc) is 3.34. The molecule has 2 heterocycles. The third-order valence-electron chi connectivity index (χ3n) is 6.65. The van der Waals surface area contributed by atoms with Gasteiger partial charge < -0.3 is 9.47 Å². The lowest BCUT2D eigenvalue weighted by Crippen LogP contribution is -2.46. The van der Waals surface area contributed by atoms with Gasteiger partial charge in [0.1, 0.15) is 11.8 Å². The monoisotopic (exact) mass is 530 g/mol. The number of ether oxygens (including phenoxy) is 2. The smallest absolute Gasteiger partial charge is 0.334 e. The van der Waals surface area contributed by atoms with Gasteiger partial charge in [-0.05, 0) is 67.9 Å². The molecule has 192 valence electrons. The first kappa shape index (κ1) is 25.2. The average molecular weight is 531 g/mol. The van der Waals surface area contributed by atoms with Gasteiger partial charge in [-0.1, -0.05) is 30.7 Å². The van der Waals surface area contributed by atoms with E-state index in [0.29, 0.717) is 32.9 Å². The Hall–Kier alpha value is -4.43. The van der Waals surface area contributed by atoms with Crippen LogP contribution in [0.4, 0.5) is 0 Å². The van der Waals surface area contributed by atoms with E-state index in [4.69, 9.17) is 21.1 Å². The summed E-state index contributed by atoms with van der Waals surface area (Å²) in [4.78, 5) is 54.0. The molecule has 4 aromatic rings. The summed E-state index contributed by atoms with van der Waals surface area (Å²) in [7, 11) is 1.50. The van der Waals surface area contributed by atoms with Gasteiger partial charge in [0.05, 0.1) is 29.4 Å². The molecule has 0 aliphatic carbocycles. The van der Waals surface area contributed by atoms with Gasteiger partial charge in [-0.3, -0.25) is 23.9 Å². The Morgan fingerprint density at radius 1 is 0.947 bits per heavy atom. The fourth-order valence-corrected chi connectivity index (χ4v) is 4.85. The van der Waals surface area contributed by atoms with Gasteiger partial charge in [0, 0.05) is 16.0 Å². The lowest BCUT2D eigenvalue weighted by atomic mass is 10.1. The summed E-state index contributed by atoms with van der Waals surface area (Å²) in [5.74, 6) is -1.59. The third kappa shape index (κ3) is 4.03. The molecule has 1 aromatic heterocycles. The highest BCUT2D eigenvalue weighted by Crippen LogP contribution is 2.37. The number of amides is 2. The third-order valence-corrected chi connectivity index (χ3v) is 6.90. The summed E-state index contributed by atoms with van der Waals surface area (Å²) in [6.45, 7) is 3.35. The van der Waals surface area contributed by atoms with Gasteiger partial charge in [0.15, 0.2) is 5.75 Å². The maximum atomic E-state index is 13.5. The summed E-state index contributed by atoms with van der Waals surface area (Å²) in [5.41, 5.74) is 1.75. The van der Waals surface area contributed by atoms with Crippen LogP contribution in [0.25, 0.3) is 10.9 Å². The molecule has 1 atom stereocenters. The molecular formula is C29H23ClN2O6. The Morgan fingerprint density at radius 2 is 1.58 bits per heavy atom. The minimum Gasteiger partial charge on any atom is -0.497 e. The molecule has 38 heavy (non-hydrogen) atoms. The van der Waals surface area contributed by atoms with E-state index >= 15 is 0 Å². The van der Waals surface area contributed by atoms with E-state index in [-0.39, 0.29) is 29.2 Å². The minimum atomic E-state index is -1.15. The van der Waals surface area contributed by atoms with Crippen LogP contribution in [0.2, 0.25) is 5.02 Å². The largest absolute Gasteiger partial charge is 0.497 e. The van der Waals surface area contributed by atoms with Gasteiger partial charge >= 0.3 is 5.97 Å². The number of imide groups is 1. The highest BCUT2D eigenvalue weighted by Gasteiger charge is 2.43. The number of hydrogen-bond donors (Lipinski definition) is 0. The van der Waals surface area contributed by atoms with Crippen molar-refractivity contribution in [3.63, 3.8) is 0 Å². The van der Waals surface area contributed by atoms with Crippen LogP contribution in [0.3, 0.4) is 0 Å². The first-order chi connectivity index (χ1) is 18.3. The molecule has 3 aromatic carbocycles. The molecule has 0 saturated heterocycles. The van der Waals surface area contributed by atoms with Crippen molar-refractivity contribution in [3.8, 4) is 11.5 Å². The molecule has 0 radical (unpaired) electrons. The maximum Gasteiger partial charge on any atom is 0.334 e. The van der Waals surface area contributed by atoms with Crippen LogP contribution in [0.15, 0.2) is 66.7 Å². The van der Waals surface area contributed by atoms with Crippen LogP contribution in [0.5, 0.6) is 11.5 Å². The Balaban J connectivity index is 1.55. The molecule has 0 fully saturated rings. The zero-order valence-electron chi connectivity index (χ0n) is 20.9. The normalized spacial score (nSPS) is 13.5. The van der Waals surface area contributed by atoms with Crippen LogP contribution in [0, 0.1) is 6.92 Å². The molecule has 8 nitrogen and oxygen atoms in total. The topological polar surface area (TPSA) is 94.9 Å². The van der Waals surface area contributed by atoms with Crippen molar-refractivity contribution in [2.24, 2.45) is 0 Å². The quantitative estimate of drug-likeness (QED) is 0.249. The lowest BCUT2D eigenvalue weighted by molar-refractivity contribution is -0.138. The van der Waals surface area contributed by atoms with Crippen molar-refractivity contribution in [3.05, 3.63) is 94.1 Å². The first-order valence-electron chi connectivity index (χ1n) is 11.9. The summed E-state index contributed by atoms with van der Waals surface area (Å²) in [6.07, 6.45) is 0.148. The molecule has 9 heteroatoms. The molecule has 0 N–H and O–H groups in total. The summed E-state index contributed by atoms with van der Waals surface area (Å²) < 4.78 is 12.7. The summed E-state index contributed by atoms with van der Waals surface area (Å²) >= 11 is 5.99. The number of halogens is 1. The van der Waals surface area contributed by atoms with E-state index in [1.165, 1.54) is 11.7 Å². The highest BCUT2D eigenvalue weighted by molar-refractivity contribution is 6.30. The van der Waals surface area contributed by atoms with E-state index in [1.54, 1.807) is 80.6 Å². The number of aromatic nitrogens is 1. The van der Waals surface area contributed by atoms with Gasteiger partial charge in [-0.25, -0.2) is 4.79 Å². The van der Waals surface area contributed by atoms with E-state index < -0.39 is 23.8 Å². The maximum absolute atomic E-state index is 13.5. The second-order valence-electron chi connectivity index (χ2n) is 8.82. The van der Waals surface area contributed by atoms with Crippen molar-refractivity contribution in [2.75, 3.05) is 7.11 Å². The van der Waals surface area contributed by atoms with Gasteiger partial charge in [0.25, 0.3) is 17.7 Å². The number of hydrogen-bond acceptors (Lipinski definition) is 6. The molecule has 5 rings (SSSR count). The van der Waals surface area contributed by atoms with Crippen LogP contribution in [0.1, 0.15) is 50.1 Å². The SMILES string of the molecule is CCC(C(=O)Oc1c(C)n(C(=O)c2ccc(Cl)cc2)c2ccc(OC)cc12)N1C(=O)c2ccccc2C1=O. The van der Waals surface area contributed by atoms with Gasteiger partial charge in [0.2, 0.25) is 0 Å². The number of methoxy groups -OCH3 is 1. The van der Waals surface area contributed by atoms with Crippen molar-refractivity contribution in [2.45, 2.75) is 26.3 Å². The predicted molar refractivity (Wildman–Crippen MR) is 141 cm³/mol. The van der Waals surface area contributed by atoms with Crippen molar-refractivity contribution in [1.82, 2.24) is 9.47 Å². The fraction of sp³-hybridized carbons (Fsp3) is 0.172. The number of carbonyl (C=O) groups is 4. The number of rotatable bonds is 6. The Labute approximate surface area is 223 Å². The van der Waals surface area contributed by atoms with Crippen molar-refractivity contribution >= 4 is 46.2 Å². The summed E-state index contributed by atoms with van der Waals surface area (Å²) in [5, 5.41) is 0.962. The number of nitrogens with zero attached hydrogens (tertiary/aromatic N) is 2. The Morgan fingerprint density at radius 3 is 2.16 bits per heavy atom. The zero-order valence-corrected chi connectivity index (χ0v) is 21.6. The van der Waals surface area contributed by atoms with E-state index in [1.807, 2.05) is 0 Å². The van der Waals surface area contributed by atoms with Crippen LogP contribution >= 0.6 is 11.6 Å². The van der Waals surface area contributed by atoms with Crippen LogP contribution in [-0.2, 0) is 4.79 Å². The Bertz CT molecular complexity index is 1590. The standard InChI is InChI=1S/C29H23ClN2O6/c1-4-23(32-27(34)20-7-5-6-8-21(20)28(32)35)29(36)38-25-16(2)31(24-14-13-19(37-3)15-22(24)25)26(33)17-9-11-18(30)12-10-17/h5-15,23H,4H2,1-3H3. The first-order valence-corrected chi connectivity index (χ1v) is 12.3. The molecule has 0 spiro atoms. The molecule has 0 bridgehead atoms. The number of benzene rings is 3. The molecule has 0 saturated carbocycles. The Kier molecular flexibility index (Phi) is 6.50. The molecular weight excluding hydrogens is 508 g/mol. The molecule has 1 aliphatic rings. The fourth-order valence-electron chi connectivity index (χ4n) is 4.72. The summed E-state index contributed by atoms with van der Waals surface area (Å²) in [6, 6.07) is 16.8. The highest BCUT2D eigenvalue weighted by atomic mass is 35.5. The zero-order chi connectivity index (χ0) is 27.1. The van der Waals surface area contributed by atoms with Crippen LogP contribution < -0.4 is 9.47 Å². The van der Waals surface area contributed by atoms with Gasteiger partial charge in [-0.2, -0.15) is 0 Å². The van der Waals surface area contributed by atoms with E-state index in [2.05, 4.69) is 0 Å². The number of fused-ring (bicyclic) bond motifs is 2. The number of esters is 1.